The number of ether oxygens (including phenoxy) is 2. The zero-order valence-corrected chi connectivity index (χ0v) is 9.58. The summed E-state index contributed by atoms with van der Waals surface area (Å²) in [4.78, 5) is 0. The van der Waals surface area contributed by atoms with Gasteiger partial charge in [-0.05, 0) is 6.42 Å². The lowest BCUT2D eigenvalue weighted by Gasteiger charge is -2.29. The van der Waals surface area contributed by atoms with Crippen molar-refractivity contribution in [1.82, 2.24) is 5.32 Å². The van der Waals surface area contributed by atoms with E-state index < -0.39 is 22.6 Å². The van der Waals surface area contributed by atoms with E-state index in [4.69, 9.17) is 19.1 Å². The summed E-state index contributed by atoms with van der Waals surface area (Å²) in [6.45, 7) is -0.187. The van der Waals surface area contributed by atoms with Crippen LogP contribution in [0.15, 0.2) is 0 Å². The largest absolute Gasteiger partial charge is 0.389 e. The first-order valence-corrected chi connectivity index (χ1v) is 5.91. The van der Waals surface area contributed by atoms with Crippen LogP contribution in [0, 0.1) is 0 Å². The molecule has 0 aliphatic carbocycles. The summed E-state index contributed by atoms with van der Waals surface area (Å²) in [5.74, 6) is -1.67. The van der Waals surface area contributed by atoms with Crippen LogP contribution < -0.4 is 5.32 Å². The maximum Gasteiger partial charge on any atom is 0.264 e. The summed E-state index contributed by atoms with van der Waals surface area (Å²) in [7, 11) is -1.26. The Bertz CT molecular complexity index is 252. The molecule has 0 saturated carbocycles. The number of rotatable bonds is 8. The van der Waals surface area contributed by atoms with E-state index >= 15 is 0 Å². The minimum absolute atomic E-state index is 0.188. The van der Waals surface area contributed by atoms with Crippen LogP contribution in [0.3, 0.4) is 0 Å². The monoisotopic (exact) mass is 243 g/mol. The smallest absolute Gasteiger partial charge is 0.264 e. The van der Waals surface area contributed by atoms with E-state index in [0.717, 1.165) is 0 Å². The minimum atomic E-state index is -3.95. The molecule has 0 fully saturated rings. The summed E-state index contributed by atoms with van der Waals surface area (Å²) in [5, 5.41) is 11.6. The summed E-state index contributed by atoms with van der Waals surface area (Å²) < 4.78 is 39.0. The van der Waals surface area contributed by atoms with Gasteiger partial charge in [0, 0.05) is 20.8 Å². The quantitative estimate of drug-likeness (QED) is 0.279. The van der Waals surface area contributed by atoms with Gasteiger partial charge in [0.25, 0.3) is 16.0 Å². The van der Waals surface area contributed by atoms with Crippen molar-refractivity contribution in [2.75, 3.05) is 33.1 Å². The number of hydrogen-bond donors (Lipinski definition) is 3. The van der Waals surface area contributed by atoms with Crippen LogP contribution in [0.2, 0.25) is 0 Å². The Labute approximate surface area is 89.1 Å². The number of aliphatic hydroxyl groups is 1. The molecule has 0 rings (SSSR count). The van der Waals surface area contributed by atoms with Gasteiger partial charge in [0.2, 0.25) is 0 Å². The third-order valence-electron chi connectivity index (χ3n) is 1.84. The molecule has 7 nitrogen and oxygen atoms in total. The first kappa shape index (κ1) is 14.8. The summed E-state index contributed by atoms with van der Waals surface area (Å²) in [5.41, 5.74) is 0. The molecule has 0 aliphatic rings. The molecule has 0 saturated heterocycles. The highest BCUT2D eigenvalue weighted by Gasteiger charge is 2.27. The van der Waals surface area contributed by atoms with E-state index in [9.17, 15) is 8.42 Å². The lowest BCUT2D eigenvalue weighted by atomic mass is 10.4. The Morgan fingerprint density at radius 2 is 1.87 bits per heavy atom. The van der Waals surface area contributed by atoms with Gasteiger partial charge in [0.15, 0.2) is 0 Å². The molecule has 0 amide bonds. The standard InChI is InChI=1S/C7H17NO6S/c1-13-7(6-9,14-2)8-4-3-5-15(10,11)12/h8-9H,3-6H2,1-2H3,(H,10,11,12). The van der Waals surface area contributed by atoms with Gasteiger partial charge in [-0.1, -0.05) is 0 Å². The Kier molecular flexibility index (Phi) is 6.25. The molecular weight excluding hydrogens is 226 g/mol. The average Bonchev–Trinajstić information content (AvgIpc) is 2.18. The Hall–Kier alpha value is -0.250. The van der Waals surface area contributed by atoms with E-state index in [-0.39, 0.29) is 18.7 Å². The van der Waals surface area contributed by atoms with Gasteiger partial charge in [-0.25, -0.2) is 0 Å². The number of hydrogen-bond acceptors (Lipinski definition) is 6. The highest BCUT2D eigenvalue weighted by molar-refractivity contribution is 7.85. The van der Waals surface area contributed by atoms with Crippen molar-refractivity contribution in [3.05, 3.63) is 0 Å². The molecule has 0 unspecified atom stereocenters. The molecule has 0 heterocycles. The van der Waals surface area contributed by atoms with Crippen molar-refractivity contribution in [1.29, 1.82) is 0 Å². The van der Waals surface area contributed by atoms with Crippen molar-refractivity contribution < 1.29 is 27.6 Å². The van der Waals surface area contributed by atoms with Gasteiger partial charge >= 0.3 is 0 Å². The first-order valence-electron chi connectivity index (χ1n) is 4.30. The molecule has 8 heteroatoms. The second kappa shape index (κ2) is 6.36. The average molecular weight is 243 g/mol. The van der Waals surface area contributed by atoms with Gasteiger partial charge < -0.3 is 14.6 Å². The molecule has 0 bridgehead atoms. The zero-order valence-electron chi connectivity index (χ0n) is 8.76. The van der Waals surface area contributed by atoms with Gasteiger partial charge in [-0.2, -0.15) is 8.42 Å². The van der Waals surface area contributed by atoms with Crippen LogP contribution in [0.25, 0.3) is 0 Å². The van der Waals surface area contributed by atoms with Crippen LogP contribution in [-0.2, 0) is 19.6 Å². The predicted molar refractivity (Wildman–Crippen MR) is 52.9 cm³/mol. The highest BCUT2D eigenvalue weighted by Crippen LogP contribution is 2.05. The molecule has 0 aliphatic heterocycles. The van der Waals surface area contributed by atoms with Crippen molar-refractivity contribution in [2.45, 2.75) is 12.3 Å². The van der Waals surface area contributed by atoms with Gasteiger partial charge in [0.05, 0.1) is 5.75 Å². The van der Waals surface area contributed by atoms with E-state index in [1.165, 1.54) is 14.2 Å². The molecule has 0 aromatic rings. The maximum atomic E-state index is 10.4. The van der Waals surface area contributed by atoms with Crippen molar-refractivity contribution >= 4 is 10.1 Å². The SMILES string of the molecule is COC(CO)(NCCCS(=O)(=O)O)OC. The zero-order chi connectivity index (χ0) is 11.9. The number of nitrogens with one attached hydrogen (secondary N) is 1. The summed E-state index contributed by atoms with van der Waals surface area (Å²) >= 11 is 0. The van der Waals surface area contributed by atoms with Crippen molar-refractivity contribution in [3.8, 4) is 0 Å². The second-order valence-electron chi connectivity index (χ2n) is 2.89. The number of aliphatic hydroxyl groups excluding tert-OH is 1. The highest BCUT2D eigenvalue weighted by atomic mass is 32.2. The fraction of sp³-hybridized carbons (Fsp3) is 1.00. The van der Waals surface area contributed by atoms with Crippen LogP contribution in [0.4, 0.5) is 0 Å². The van der Waals surface area contributed by atoms with Crippen LogP contribution >= 0.6 is 0 Å². The molecule has 3 N–H and O–H groups in total. The Morgan fingerprint density at radius 1 is 1.33 bits per heavy atom. The van der Waals surface area contributed by atoms with Crippen LogP contribution in [0.1, 0.15) is 6.42 Å². The topological polar surface area (TPSA) is 105 Å². The first-order chi connectivity index (χ1) is 6.89. The number of methoxy groups -OCH3 is 2. The molecule has 0 aromatic heterocycles. The van der Waals surface area contributed by atoms with E-state index in [0.29, 0.717) is 0 Å². The lowest BCUT2D eigenvalue weighted by molar-refractivity contribution is -0.246. The molecule has 0 aromatic carbocycles. The summed E-state index contributed by atoms with van der Waals surface area (Å²) in [6, 6.07) is 0. The fourth-order valence-corrected chi connectivity index (χ4v) is 1.46. The third-order valence-corrected chi connectivity index (χ3v) is 2.65. The van der Waals surface area contributed by atoms with Gasteiger partial charge in [-0.3, -0.25) is 9.87 Å². The summed E-state index contributed by atoms with van der Waals surface area (Å²) in [6.07, 6.45) is 0.188. The second-order valence-corrected chi connectivity index (χ2v) is 4.46. The van der Waals surface area contributed by atoms with Crippen LogP contribution in [-0.4, -0.2) is 57.1 Å². The molecule has 15 heavy (non-hydrogen) atoms. The molecule has 0 spiro atoms. The Balaban J connectivity index is 3.92. The van der Waals surface area contributed by atoms with Gasteiger partial charge in [0.1, 0.15) is 6.61 Å². The van der Waals surface area contributed by atoms with Crippen molar-refractivity contribution in [3.63, 3.8) is 0 Å². The maximum absolute atomic E-state index is 10.4. The minimum Gasteiger partial charge on any atom is -0.389 e. The Morgan fingerprint density at radius 3 is 2.20 bits per heavy atom. The fourth-order valence-electron chi connectivity index (χ4n) is 0.946. The van der Waals surface area contributed by atoms with E-state index in [2.05, 4.69) is 5.32 Å². The molecule has 92 valence electrons. The predicted octanol–water partition coefficient (Wildman–Crippen LogP) is -1.21. The molecular formula is C7H17NO6S. The normalized spacial score (nSPS) is 13.1. The molecule has 0 radical (unpaired) electrons. The van der Waals surface area contributed by atoms with Crippen LogP contribution in [0.5, 0.6) is 0 Å². The van der Waals surface area contributed by atoms with Crippen molar-refractivity contribution in [2.24, 2.45) is 0 Å². The lowest BCUT2D eigenvalue weighted by Crippen LogP contribution is -2.52. The van der Waals surface area contributed by atoms with E-state index in [1.54, 1.807) is 0 Å². The van der Waals surface area contributed by atoms with Gasteiger partial charge in [-0.15, -0.1) is 0 Å². The van der Waals surface area contributed by atoms with E-state index in [1.807, 2.05) is 0 Å². The third kappa shape index (κ3) is 6.03. The molecule has 0 atom stereocenters.